The molecule has 108 valence electrons. The SMILES string of the molecule is CCC(C)C(C)NC(CC(F)(F)F)c1ccccc1. The van der Waals surface area contributed by atoms with Crippen LogP contribution in [0.15, 0.2) is 30.3 Å². The van der Waals surface area contributed by atoms with Gasteiger partial charge < -0.3 is 5.32 Å². The molecule has 0 spiro atoms. The summed E-state index contributed by atoms with van der Waals surface area (Å²) >= 11 is 0. The highest BCUT2D eigenvalue weighted by Gasteiger charge is 2.33. The third kappa shape index (κ3) is 5.64. The Hall–Kier alpha value is -1.03. The lowest BCUT2D eigenvalue weighted by molar-refractivity contribution is -0.141. The van der Waals surface area contributed by atoms with Crippen molar-refractivity contribution in [3.63, 3.8) is 0 Å². The minimum absolute atomic E-state index is 0.0533. The number of benzene rings is 1. The first-order valence-corrected chi connectivity index (χ1v) is 6.71. The van der Waals surface area contributed by atoms with Crippen molar-refractivity contribution in [3.8, 4) is 0 Å². The minimum atomic E-state index is -4.16. The van der Waals surface area contributed by atoms with Crippen LogP contribution < -0.4 is 5.32 Å². The fourth-order valence-electron chi connectivity index (χ4n) is 2.02. The van der Waals surface area contributed by atoms with E-state index in [9.17, 15) is 13.2 Å². The van der Waals surface area contributed by atoms with Crippen LogP contribution in [0.4, 0.5) is 13.2 Å². The van der Waals surface area contributed by atoms with E-state index in [0.717, 1.165) is 6.42 Å². The van der Waals surface area contributed by atoms with E-state index in [-0.39, 0.29) is 6.04 Å². The summed E-state index contributed by atoms with van der Waals surface area (Å²) in [5.41, 5.74) is 0.690. The molecule has 0 bridgehead atoms. The maximum Gasteiger partial charge on any atom is 0.390 e. The van der Waals surface area contributed by atoms with Crippen LogP contribution in [0.3, 0.4) is 0 Å². The Balaban J connectivity index is 2.82. The first kappa shape index (κ1) is 16.0. The van der Waals surface area contributed by atoms with Gasteiger partial charge >= 0.3 is 6.18 Å². The van der Waals surface area contributed by atoms with Gasteiger partial charge in [-0.25, -0.2) is 0 Å². The molecule has 0 aromatic heterocycles. The normalized spacial score (nSPS) is 16.9. The predicted molar refractivity (Wildman–Crippen MR) is 71.9 cm³/mol. The van der Waals surface area contributed by atoms with Crippen molar-refractivity contribution < 1.29 is 13.2 Å². The van der Waals surface area contributed by atoms with Crippen LogP contribution >= 0.6 is 0 Å². The molecule has 1 aromatic rings. The lowest BCUT2D eigenvalue weighted by Gasteiger charge is -2.28. The number of halogens is 3. The second-order valence-corrected chi connectivity index (χ2v) is 5.12. The quantitative estimate of drug-likeness (QED) is 0.792. The van der Waals surface area contributed by atoms with Crippen molar-refractivity contribution in [2.45, 2.75) is 51.9 Å². The largest absolute Gasteiger partial charge is 0.390 e. The van der Waals surface area contributed by atoms with Crippen molar-refractivity contribution in [2.24, 2.45) is 5.92 Å². The number of nitrogens with one attached hydrogen (secondary N) is 1. The van der Waals surface area contributed by atoms with Gasteiger partial charge in [0.05, 0.1) is 6.42 Å². The van der Waals surface area contributed by atoms with E-state index in [2.05, 4.69) is 5.32 Å². The Bertz CT molecular complexity index is 361. The van der Waals surface area contributed by atoms with E-state index >= 15 is 0 Å². The van der Waals surface area contributed by atoms with E-state index in [1.165, 1.54) is 0 Å². The molecule has 0 aliphatic carbocycles. The summed E-state index contributed by atoms with van der Waals surface area (Å²) in [6, 6.07) is 8.22. The number of hydrogen-bond acceptors (Lipinski definition) is 1. The minimum Gasteiger partial charge on any atom is -0.307 e. The molecule has 0 radical (unpaired) electrons. The molecule has 0 saturated carbocycles. The first-order valence-electron chi connectivity index (χ1n) is 6.71. The van der Waals surface area contributed by atoms with Crippen molar-refractivity contribution in [2.75, 3.05) is 0 Å². The van der Waals surface area contributed by atoms with Gasteiger partial charge in [0.15, 0.2) is 0 Å². The van der Waals surface area contributed by atoms with Gasteiger partial charge in [0.2, 0.25) is 0 Å². The van der Waals surface area contributed by atoms with E-state index in [4.69, 9.17) is 0 Å². The van der Waals surface area contributed by atoms with Gasteiger partial charge in [0.1, 0.15) is 0 Å². The Morgan fingerprint density at radius 2 is 1.68 bits per heavy atom. The molecule has 0 saturated heterocycles. The van der Waals surface area contributed by atoms with Crippen LogP contribution in [0.1, 0.15) is 45.2 Å². The second-order valence-electron chi connectivity index (χ2n) is 5.12. The third-order valence-electron chi connectivity index (χ3n) is 3.60. The molecule has 1 N–H and O–H groups in total. The molecule has 0 aliphatic rings. The highest BCUT2D eigenvalue weighted by atomic mass is 19.4. The summed E-state index contributed by atoms with van der Waals surface area (Å²) in [7, 11) is 0. The van der Waals surface area contributed by atoms with Gasteiger partial charge in [-0.3, -0.25) is 0 Å². The van der Waals surface area contributed by atoms with Crippen LogP contribution in [-0.4, -0.2) is 12.2 Å². The van der Waals surface area contributed by atoms with Crippen LogP contribution in [0, 0.1) is 5.92 Å². The Kier molecular flexibility index (Phi) is 5.85. The molecule has 1 aromatic carbocycles. The van der Waals surface area contributed by atoms with Crippen molar-refractivity contribution in [1.82, 2.24) is 5.32 Å². The molecule has 0 heterocycles. The lowest BCUT2D eigenvalue weighted by atomic mass is 9.97. The zero-order valence-corrected chi connectivity index (χ0v) is 11.7. The fourth-order valence-corrected chi connectivity index (χ4v) is 2.02. The van der Waals surface area contributed by atoms with Crippen LogP contribution in [0.2, 0.25) is 0 Å². The molecule has 0 amide bonds. The average molecular weight is 273 g/mol. The summed E-state index contributed by atoms with van der Waals surface area (Å²) in [6.45, 7) is 6.04. The zero-order valence-electron chi connectivity index (χ0n) is 11.7. The molecular weight excluding hydrogens is 251 g/mol. The summed E-state index contributed by atoms with van der Waals surface area (Å²) in [5, 5.41) is 3.12. The van der Waals surface area contributed by atoms with Gasteiger partial charge in [-0.1, -0.05) is 50.6 Å². The van der Waals surface area contributed by atoms with Crippen molar-refractivity contribution in [3.05, 3.63) is 35.9 Å². The maximum absolute atomic E-state index is 12.7. The van der Waals surface area contributed by atoms with E-state index in [1.54, 1.807) is 24.3 Å². The van der Waals surface area contributed by atoms with Crippen molar-refractivity contribution >= 4 is 0 Å². The van der Waals surface area contributed by atoms with Crippen molar-refractivity contribution in [1.29, 1.82) is 0 Å². The van der Waals surface area contributed by atoms with Crippen LogP contribution in [-0.2, 0) is 0 Å². The summed E-state index contributed by atoms with van der Waals surface area (Å²) < 4.78 is 38.1. The van der Waals surface area contributed by atoms with Crippen LogP contribution in [0.5, 0.6) is 0 Å². The molecule has 1 rings (SSSR count). The number of hydrogen-bond donors (Lipinski definition) is 1. The second kappa shape index (κ2) is 6.94. The van der Waals surface area contributed by atoms with Gasteiger partial charge in [0.25, 0.3) is 0 Å². The molecule has 0 fully saturated rings. The zero-order chi connectivity index (χ0) is 14.5. The Morgan fingerprint density at radius 1 is 1.11 bits per heavy atom. The van der Waals surface area contributed by atoms with Crippen LogP contribution in [0.25, 0.3) is 0 Å². The molecule has 3 atom stereocenters. The average Bonchev–Trinajstić information content (AvgIpc) is 2.36. The van der Waals surface area contributed by atoms with E-state index in [1.807, 2.05) is 26.8 Å². The van der Waals surface area contributed by atoms with Gasteiger partial charge in [-0.2, -0.15) is 13.2 Å². The maximum atomic E-state index is 12.7. The molecule has 1 nitrogen and oxygen atoms in total. The summed E-state index contributed by atoms with van der Waals surface area (Å²) in [6.07, 6.45) is -4.05. The molecule has 19 heavy (non-hydrogen) atoms. The molecule has 3 unspecified atom stereocenters. The molecular formula is C15H22F3N. The predicted octanol–water partition coefficient (Wildman–Crippen LogP) is 4.70. The highest BCUT2D eigenvalue weighted by Crippen LogP contribution is 2.30. The molecule has 4 heteroatoms. The van der Waals surface area contributed by atoms with Gasteiger partial charge in [-0.05, 0) is 18.4 Å². The fraction of sp³-hybridized carbons (Fsp3) is 0.600. The Morgan fingerprint density at radius 3 is 2.16 bits per heavy atom. The topological polar surface area (TPSA) is 12.0 Å². The summed E-state index contributed by atoms with van der Waals surface area (Å²) in [5.74, 6) is 0.347. The lowest BCUT2D eigenvalue weighted by Crippen LogP contribution is -2.37. The van der Waals surface area contributed by atoms with Gasteiger partial charge in [0, 0.05) is 12.1 Å². The number of rotatable bonds is 6. The van der Waals surface area contributed by atoms with Gasteiger partial charge in [-0.15, -0.1) is 0 Å². The standard InChI is InChI=1S/C15H22F3N/c1-4-11(2)12(3)19-14(10-15(16,17)18)13-8-6-5-7-9-13/h5-9,11-12,14,19H,4,10H2,1-3H3. The molecule has 0 aliphatic heterocycles. The first-order chi connectivity index (χ1) is 8.83. The van der Waals surface area contributed by atoms with E-state index in [0.29, 0.717) is 11.5 Å². The Labute approximate surface area is 113 Å². The van der Waals surface area contributed by atoms with E-state index < -0.39 is 18.6 Å². The highest BCUT2D eigenvalue weighted by molar-refractivity contribution is 5.19. The summed E-state index contributed by atoms with van der Waals surface area (Å²) in [4.78, 5) is 0. The monoisotopic (exact) mass is 273 g/mol. The third-order valence-corrected chi connectivity index (χ3v) is 3.60. The smallest absolute Gasteiger partial charge is 0.307 e. The number of alkyl halides is 3.